The molecule has 1 atom stereocenters. The van der Waals surface area contributed by atoms with Gasteiger partial charge in [-0.3, -0.25) is 4.79 Å². The fraction of sp³-hybridized carbons (Fsp3) is 0.321. The van der Waals surface area contributed by atoms with Crippen molar-refractivity contribution in [3.63, 3.8) is 0 Å². The lowest BCUT2D eigenvalue weighted by Gasteiger charge is -2.31. The number of aromatic nitrogens is 2. The Morgan fingerprint density at radius 3 is 2.69 bits per heavy atom. The maximum atomic E-state index is 12.8. The molecule has 2 aliphatic heterocycles. The largest absolute Gasteiger partial charge is 0.351 e. The first-order valence-electron chi connectivity index (χ1n) is 12.3. The summed E-state index contributed by atoms with van der Waals surface area (Å²) in [6.07, 6.45) is 7.50. The minimum Gasteiger partial charge on any atom is -0.351 e. The summed E-state index contributed by atoms with van der Waals surface area (Å²) in [4.78, 5) is 21.4. The van der Waals surface area contributed by atoms with E-state index in [0.29, 0.717) is 10.8 Å². The van der Waals surface area contributed by atoms with Crippen LogP contribution in [-0.2, 0) is 4.79 Å². The lowest BCUT2D eigenvalue weighted by atomic mass is 10.0. The Bertz CT molecular complexity index is 1250. The van der Waals surface area contributed by atoms with Gasteiger partial charge in [0.05, 0.1) is 16.3 Å². The molecule has 7 heteroatoms. The third kappa shape index (κ3) is 5.57. The van der Waals surface area contributed by atoms with Crippen molar-refractivity contribution in [1.82, 2.24) is 14.7 Å². The van der Waals surface area contributed by atoms with E-state index in [1.165, 1.54) is 23.1 Å². The van der Waals surface area contributed by atoms with Crippen molar-refractivity contribution >= 4 is 40.7 Å². The summed E-state index contributed by atoms with van der Waals surface area (Å²) in [5, 5.41) is 5.76. The van der Waals surface area contributed by atoms with E-state index in [1.807, 2.05) is 59.0 Å². The number of para-hydroxylation sites is 1. The molecule has 3 aromatic rings. The van der Waals surface area contributed by atoms with Gasteiger partial charge in [-0.15, -0.1) is 11.8 Å². The molecule has 0 bridgehead atoms. The summed E-state index contributed by atoms with van der Waals surface area (Å²) in [5.74, 6) is 1.58. The molecule has 5 nitrogen and oxygen atoms in total. The number of thioether (sulfide) groups is 2. The molecule has 35 heavy (non-hydrogen) atoms. The maximum Gasteiger partial charge on any atom is 0.286 e. The summed E-state index contributed by atoms with van der Waals surface area (Å²) in [5.41, 5.74) is 3.80. The molecule has 0 N–H and O–H groups in total. The van der Waals surface area contributed by atoms with E-state index in [9.17, 15) is 4.79 Å². The van der Waals surface area contributed by atoms with Crippen LogP contribution in [0, 0.1) is 5.92 Å². The Kier molecular flexibility index (Phi) is 7.44. The van der Waals surface area contributed by atoms with Gasteiger partial charge in [-0.25, -0.2) is 4.68 Å². The molecule has 2 aliphatic rings. The second kappa shape index (κ2) is 10.9. The minimum absolute atomic E-state index is 0.159. The molecule has 2 aromatic carbocycles. The number of amides is 1. The minimum atomic E-state index is -0.159. The van der Waals surface area contributed by atoms with Crippen LogP contribution in [0.1, 0.15) is 38.7 Å². The zero-order chi connectivity index (χ0) is 24.2. The van der Waals surface area contributed by atoms with E-state index in [1.54, 1.807) is 0 Å². The van der Waals surface area contributed by atoms with Gasteiger partial charge >= 0.3 is 0 Å². The van der Waals surface area contributed by atoms with Crippen molar-refractivity contribution in [1.29, 1.82) is 0 Å². The summed E-state index contributed by atoms with van der Waals surface area (Å²) in [6, 6.07) is 18.6. The van der Waals surface area contributed by atoms with Crippen molar-refractivity contribution in [2.75, 3.05) is 18.8 Å². The number of piperidine rings is 1. The van der Waals surface area contributed by atoms with Crippen LogP contribution in [0.15, 0.2) is 75.6 Å². The van der Waals surface area contributed by atoms with Crippen LogP contribution in [0.5, 0.6) is 0 Å². The number of amidine groups is 1. The van der Waals surface area contributed by atoms with Crippen molar-refractivity contribution < 1.29 is 4.79 Å². The molecule has 1 fully saturated rings. The Hall–Kier alpha value is -2.77. The lowest BCUT2D eigenvalue weighted by molar-refractivity contribution is -0.113. The Morgan fingerprint density at radius 2 is 1.94 bits per heavy atom. The van der Waals surface area contributed by atoms with E-state index in [4.69, 9.17) is 5.10 Å². The second-order valence-corrected chi connectivity index (χ2v) is 11.3. The summed E-state index contributed by atoms with van der Waals surface area (Å²) >= 11 is 3.36. The Balaban J connectivity index is 1.46. The molecule has 0 spiro atoms. The molecule has 1 amide bonds. The zero-order valence-corrected chi connectivity index (χ0v) is 21.8. The topological polar surface area (TPSA) is 50.5 Å². The van der Waals surface area contributed by atoms with Crippen molar-refractivity contribution in [3.8, 4) is 16.9 Å². The highest BCUT2D eigenvalue weighted by Crippen LogP contribution is 2.35. The van der Waals surface area contributed by atoms with E-state index in [2.05, 4.69) is 48.0 Å². The fourth-order valence-electron chi connectivity index (χ4n) is 4.40. The zero-order valence-electron chi connectivity index (χ0n) is 20.2. The molecule has 1 unspecified atom stereocenters. The molecule has 5 rings (SSSR count). The van der Waals surface area contributed by atoms with Gasteiger partial charge in [0.25, 0.3) is 5.91 Å². The van der Waals surface area contributed by atoms with Crippen LogP contribution in [0.3, 0.4) is 0 Å². The number of carbonyl (C=O) groups is 1. The molecular weight excluding hydrogens is 472 g/mol. The average molecular weight is 503 g/mol. The van der Waals surface area contributed by atoms with Gasteiger partial charge in [-0.05, 0) is 73.0 Å². The number of carbonyl (C=O) groups excluding carboxylic acids is 1. The highest BCUT2D eigenvalue weighted by molar-refractivity contribution is 8.18. The van der Waals surface area contributed by atoms with Crippen LogP contribution in [-0.4, -0.2) is 44.6 Å². The van der Waals surface area contributed by atoms with Gasteiger partial charge in [0.15, 0.2) is 5.17 Å². The summed E-state index contributed by atoms with van der Waals surface area (Å²) < 4.78 is 1.89. The van der Waals surface area contributed by atoms with E-state index >= 15 is 0 Å². The summed E-state index contributed by atoms with van der Waals surface area (Å²) in [7, 11) is 0. The molecule has 1 saturated heterocycles. The predicted octanol–water partition coefficient (Wildman–Crippen LogP) is 6.74. The number of likely N-dealkylation sites (tertiary alicyclic amines) is 1. The van der Waals surface area contributed by atoms with Gasteiger partial charge in [0.1, 0.15) is 0 Å². The standard InChI is InChI=1S/C28H30N4OS2/c1-3-16-34-24-13-11-21(12-14-24)26-22(19-32(30-26)23-9-5-4-6-10-23)17-25-27(33)29-28(35-25)31-15-7-8-20(2)18-31/h4-6,9-14,17,19-20H,3,7-8,15-16,18H2,1-2H3. The van der Waals surface area contributed by atoms with Crippen LogP contribution < -0.4 is 0 Å². The number of nitrogens with zero attached hydrogens (tertiary/aromatic N) is 4. The molecule has 0 radical (unpaired) electrons. The van der Waals surface area contributed by atoms with Crippen LogP contribution >= 0.6 is 23.5 Å². The van der Waals surface area contributed by atoms with Crippen LogP contribution in [0.25, 0.3) is 23.0 Å². The van der Waals surface area contributed by atoms with Crippen LogP contribution in [0.2, 0.25) is 0 Å². The predicted molar refractivity (Wildman–Crippen MR) is 148 cm³/mol. The van der Waals surface area contributed by atoms with E-state index < -0.39 is 0 Å². The first kappa shape index (κ1) is 23.9. The lowest BCUT2D eigenvalue weighted by Crippen LogP contribution is -2.37. The highest BCUT2D eigenvalue weighted by Gasteiger charge is 2.29. The number of benzene rings is 2. The Labute approximate surface area is 215 Å². The normalized spacial score (nSPS) is 19.4. The van der Waals surface area contributed by atoms with Gasteiger partial charge in [0, 0.05) is 35.3 Å². The van der Waals surface area contributed by atoms with E-state index in [0.717, 1.165) is 59.4 Å². The smallest absolute Gasteiger partial charge is 0.286 e. The van der Waals surface area contributed by atoms with Gasteiger partial charge in [-0.1, -0.05) is 44.2 Å². The first-order valence-corrected chi connectivity index (χ1v) is 14.1. The SMILES string of the molecule is CCCSc1ccc(-c2nn(-c3ccccc3)cc2C=C2SC(N3CCCC(C)C3)=NC2=O)cc1. The fourth-order valence-corrected chi connectivity index (χ4v) is 6.10. The number of aliphatic imine (C=N–C) groups is 1. The third-order valence-electron chi connectivity index (χ3n) is 6.19. The highest BCUT2D eigenvalue weighted by atomic mass is 32.2. The van der Waals surface area contributed by atoms with Gasteiger partial charge in [-0.2, -0.15) is 10.1 Å². The maximum absolute atomic E-state index is 12.8. The first-order chi connectivity index (χ1) is 17.1. The molecular formula is C28H30N4OS2. The molecule has 180 valence electrons. The van der Waals surface area contributed by atoms with Gasteiger partial charge < -0.3 is 4.90 Å². The molecule has 1 aromatic heterocycles. The van der Waals surface area contributed by atoms with Crippen molar-refractivity contribution in [3.05, 3.63) is 71.3 Å². The Morgan fingerprint density at radius 1 is 1.14 bits per heavy atom. The van der Waals surface area contributed by atoms with Gasteiger partial charge in [0.2, 0.25) is 0 Å². The van der Waals surface area contributed by atoms with Crippen molar-refractivity contribution in [2.45, 2.75) is 38.0 Å². The van der Waals surface area contributed by atoms with E-state index in [-0.39, 0.29) is 5.91 Å². The van der Waals surface area contributed by atoms with Crippen LogP contribution in [0.4, 0.5) is 0 Å². The molecule has 3 heterocycles. The van der Waals surface area contributed by atoms with Crippen molar-refractivity contribution in [2.24, 2.45) is 10.9 Å². The third-order valence-corrected chi connectivity index (χ3v) is 8.45. The molecule has 0 aliphatic carbocycles. The second-order valence-electron chi connectivity index (χ2n) is 9.09. The number of rotatable bonds is 6. The molecule has 0 saturated carbocycles. The number of hydrogen-bond donors (Lipinski definition) is 0. The summed E-state index contributed by atoms with van der Waals surface area (Å²) in [6.45, 7) is 6.39. The monoisotopic (exact) mass is 502 g/mol. The number of hydrogen-bond acceptors (Lipinski definition) is 5. The average Bonchev–Trinajstić information content (AvgIpc) is 3.47. The quantitative estimate of drug-likeness (QED) is 0.276.